The average molecular weight is 338 g/mol. The van der Waals surface area contributed by atoms with Gasteiger partial charge in [0.15, 0.2) is 0 Å². The Labute approximate surface area is 139 Å². The lowest BCUT2D eigenvalue weighted by atomic mass is 9.81. The SMILES string of the molecule is CC1CC(Sc2ccc(Cl)c(Cl)c2)C(N)c2ccccc21. The van der Waals surface area contributed by atoms with E-state index in [1.807, 2.05) is 18.2 Å². The molecule has 2 aromatic rings. The van der Waals surface area contributed by atoms with Gasteiger partial charge in [-0.25, -0.2) is 0 Å². The predicted molar refractivity (Wildman–Crippen MR) is 92.5 cm³/mol. The molecule has 0 radical (unpaired) electrons. The van der Waals surface area contributed by atoms with Crippen molar-refractivity contribution in [1.82, 2.24) is 0 Å². The summed E-state index contributed by atoms with van der Waals surface area (Å²) in [6.45, 7) is 2.27. The fourth-order valence-corrected chi connectivity index (χ4v) is 4.65. The molecule has 1 aliphatic rings. The summed E-state index contributed by atoms with van der Waals surface area (Å²) in [6, 6.07) is 14.3. The lowest BCUT2D eigenvalue weighted by Crippen LogP contribution is -2.30. The van der Waals surface area contributed by atoms with E-state index in [-0.39, 0.29) is 6.04 Å². The van der Waals surface area contributed by atoms with Crippen molar-refractivity contribution in [2.45, 2.75) is 35.4 Å². The molecule has 110 valence electrons. The van der Waals surface area contributed by atoms with Crippen molar-refractivity contribution in [1.29, 1.82) is 0 Å². The Morgan fingerprint density at radius 1 is 1.05 bits per heavy atom. The van der Waals surface area contributed by atoms with Gasteiger partial charge in [-0.05, 0) is 41.7 Å². The van der Waals surface area contributed by atoms with Crippen molar-refractivity contribution in [2.75, 3.05) is 0 Å². The number of hydrogen-bond acceptors (Lipinski definition) is 2. The molecule has 0 aliphatic heterocycles. The largest absolute Gasteiger partial charge is 0.323 e. The maximum atomic E-state index is 6.49. The first-order valence-electron chi connectivity index (χ1n) is 7.02. The fraction of sp³-hybridized carbons (Fsp3) is 0.294. The van der Waals surface area contributed by atoms with Gasteiger partial charge < -0.3 is 5.73 Å². The molecule has 0 saturated carbocycles. The van der Waals surface area contributed by atoms with E-state index in [1.165, 1.54) is 11.1 Å². The van der Waals surface area contributed by atoms with Crippen LogP contribution in [0.2, 0.25) is 10.0 Å². The Bertz CT molecular complexity index is 659. The van der Waals surface area contributed by atoms with E-state index >= 15 is 0 Å². The van der Waals surface area contributed by atoms with Gasteiger partial charge in [0.1, 0.15) is 0 Å². The van der Waals surface area contributed by atoms with Gasteiger partial charge in [-0.3, -0.25) is 0 Å². The van der Waals surface area contributed by atoms with E-state index in [1.54, 1.807) is 11.8 Å². The standard InChI is InChI=1S/C17H17Cl2NS/c1-10-8-16(17(20)13-5-3-2-4-12(10)13)21-11-6-7-14(18)15(19)9-11/h2-7,9-10,16-17H,8,20H2,1H3. The van der Waals surface area contributed by atoms with Gasteiger partial charge in [-0.15, -0.1) is 11.8 Å². The van der Waals surface area contributed by atoms with Crippen LogP contribution in [-0.4, -0.2) is 5.25 Å². The number of halogens is 2. The highest BCUT2D eigenvalue weighted by Crippen LogP contribution is 2.44. The van der Waals surface area contributed by atoms with Crippen molar-refractivity contribution in [2.24, 2.45) is 5.73 Å². The summed E-state index contributed by atoms with van der Waals surface area (Å²) in [4.78, 5) is 1.12. The summed E-state index contributed by atoms with van der Waals surface area (Å²) in [6.07, 6.45) is 1.07. The maximum Gasteiger partial charge on any atom is 0.0603 e. The van der Waals surface area contributed by atoms with Gasteiger partial charge >= 0.3 is 0 Å². The fourth-order valence-electron chi connectivity index (χ4n) is 2.93. The first kappa shape index (κ1) is 15.2. The van der Waals surface area contributed by atoms with Crippen LogP contribution in [0.3, 0.4) is 0 Å². The molecule has 3 rings (SSSR count). The van der Waals surface area contributed by atoms with Crippen LogP contribution in [0.1, 0.15) is 36.4 Å². The summed E-state index contributed by atoms with van der Waals surface area (Å²) in [5.41, 5.74) is 9.15. The number of hydrogen-bond donors (Lipinski definition) is 1. The first-order valence-corrected chi connectivity index (χ1v) is 8.66. The molecule has 2 N–H and O–H groups in total. The molecule has 21 heavy (non-hydrogen) atoms. The molecule has 1 nitrogen and oxygen atoms in total. The van der Waals surface area contributed by atoms with E-state index in [2.05, 4.69) is 31.2 Å². The third kappa shape index (κ3) is 3.09. The third-order valence-corrected chi connectivity index (χ3v) is 6.10. The van der Waals surface area contributed by atoms with E-state index in [9.17, 15) is 0 Å². The minimum absolute atomic E-state index is 0.0526. The molecule has 3 unspecified atom stereocenters. The minimum atomic E-state index is 0.0526. The molecule has 0 heterocycles. The quantitative estimate of drug-likeness (QED) is 0.764. The van der Waals surface area contributed by atoms with Crippen LogP contribution in [0.25, 0.3) is 0 Å². The zero-order valence-electron chi connectivity index (χ0n) is 11.7. The highest BCUT2D eigenvalue weighted by atomic mass is 35.5. The van der Waals surface area contributed by atoms with Gasteiger partial charge in [-0.1, -0.05) is 54.4 Å². The van der Waals surface area contributed by atoms with Gasteiger partial charge in [0, 0.05) is 16.2 Å². The zero-order valence-corrected chi connectivity index (χ0v) is 14.1. The Kier molecular flexibility index (Phi) is 4.51. The molecule has 0 saturated heterocycles. The molecule has 0 spiro atoms. The van der Waals surface area contributed by atoms with Crippen molar-refractivity contribution in [3.8, 4) is 0 Å². The normalized spacial score (nSPS) is 24.7. The molecular weight excluding hydrogens is 321 g/mol. The minimum Gasteiger partial charge on any atom is -0.323 e. The monoisotopic (exact) mass is 337 g/mol. The van der Waals surface area contributed by atoms with Crippen LogP contribution in [0, 0.1) is 0 Å². The summed E-state index contributed by atoms with van der Waals surface area (Å²) >= 11 is 13.9. The van der Waals surface area contributed by atoms with Crippen LogP contribution in [0.4, 0.5) is 0 Å². The van der Waals surface area contributed by atoms with Crippen LogP contribution >= 0.6 is 35.0 Å². The molecule has 2 aromatic carbocycles. The number of nitrogens with two attached hydrogens (primary N) is 1. The number of benzene rings is 2. The smallest absolute Gasteiger partial charge is 0.0603 e. The molecule has 4 heteroatoms. The van der Waals surface area contributed by atoms with Gasteiger partial charge in [0.2, 0.25) is 0 Å². The molecule has 0 fully saturated rings. The number of fused-ring (bicyclic) bond motifs is 1. The van der Waals surface area contributed by atoms with Crippen LogP contribution in [0.15, 0.2) is 47.4 Å². The van der Waals surface area contributed by atoms with Crippen molar-refractivity contribution >= 4 is 35.0 Å². The maximum absolute atomic E-state index is 6.49. The molecule has 0 amide bonds. The Morgan fingerprint density at radius 3 is 2.48 bits per heavy atom. The van der Waals surface area contributed by atoms with E-state index < -0.39 is 0 Å². The van der Waals surface area contributed by atoms with Crippen LogP contribution < -0.4 is 5.73 Å². The van der Waals surface area contributed by atoms with Crippen molar-refractivity contribution < 1.29 is 0 Å². The van der Waals surface area contributed by atoms with E-state index in [0.717, 1.165) is 11.3 Å². The summed E-state index contributed by atoms with van der Waals surface area (Å²) in [7, 11) is 0. The predicted octanol–water partition coefficient (Wildman–Crippen LogP) is 5.66. The van der Waals surface area contributed by atoms with Crippen LogP contribution in [0.5, 0.6) is 0 Å². The highest BCUT2D eigenvalue weighted by molar-refractivity contribution is 8.00. The number of thioether (sulfide) groups is 1. The topological polar surface area (TPSA) is 26.0 Å². The van der Waals surface area contributed by atoms with Crippen LogP contribution in [-0.2, 0) is 0 Å². The van der Waals surface area contributed by atoms with Crippen molar-refractivity contribution in [3.05, 3.63) is 63.6 Å². The van der Waals surface area contributed by atoms with Gasteiger partial charge in [0.25, 0.3) is 0 Å². The highest BCUT2D eigenvalue weighted by Gasteiger charge is 2.31. The lowest BCUT2D eigenvalue weighted by molar-refractivity contribution is 0.527. The summed E-state index contributed by atoms with van der Waals surface area (Å²) in [5.74, 6) is 0.529. The first-order chi connectivity index (χ1) is 10.1. The molecule has 0 aromatic heterocycles. The van der Waals surface area contributed by atoms with Crippen molar-refractivity contribution in [3.63, 3.8) is 0 Å². The average Bonchev–Trinajstić information content (AvgIpc) is 2.48. The second-order valence-corrected chi connectivity index (χ2v) is 7.65. The summed E-state index contributed by atoms with van der Waals surface area (Å²) in [5, 5.41) is 1.54. The third-order valence-electron chi connectivity index (χ3n) is 4.05. The molecule has 3 atom stereocenters. The van der Waals surface area contributed by atoms with Gasteiger partial charge in [0.05, 0.1) is 10.0 Å². The molecule has 1 aliphatic carbocycles. The lowest BCUT2D eigenvalue weighted by Gasteiger charge is -2.34. The summed E-state index contributed by atoms with van der Waals surface area (Å²) < 4.78 is 0. The Hall–Kier alpha value is -0.670. The molecule has 0 bridgehead atoms. The van der Waals surface area contributed by atoms with E-state index in [0.29, 0.717) is 21.2 Å². The Balaban J connectivity index is 1.85. The van der Waals surface area contributed by atoms with E-state index in [4.69, 9.17) is 28.9 Å². The second kappa shape index (κ2) is 6.21. The molecular formula is C17H17Cl2NS. The van der Waals surface area contributed by atoms with Gasteiger partial charge in [-0.2, -0.15) is 0 Å². The Morgan fingerprint density at radius 2 is 1.76 bits per heavy atom. The number of rotatable bonds is 2. The second-order valence-electron chi connectivity index (χ2n) is 5.52. The zero-order chi connectivity index (χ0) is 15.0.